The lowest BCUT2D eigenvalue weighted by Crippen LogP contribution is -2.59. The zero-order valence-corrected chi connectivity index (χ0v) is 21.7. The number of nitrogens with zero attached hydrogens (tertiary/aromatic N) is 3. The van der Waals surface area contributed by atoms with Crippen molar-refractivity contribution in [3.05, 3.63) is 12.2 Å². The van der Waals surface area contributed by atoms with Crippen LogP contribution in [0.5, 0.6) is 0 Å². The molecule has 0 radical (unpaired) electrons. The van der Waals surface area contributed by atoms with E-state index in [0.717, 1.165) is 0 Å². The van der Waals surface area contributed by atoms with Gasteiger partial charge in [-0.2, -0.15) is 0 Å². The molecule has 1 rings (SSSR count). The minimum atomic E-state index is -0.948. The average Bonchev–Trinajstić information content (AvgIpc) is 3.19. The normalized spacial score (nSPS) is 18.8. The molecule has 188 valence electrons. The van der Waals surface area contributed by atoms with Crippen molar-refractivity contribution in [2.45, 2.75) is 71.6 Å². The first-order valence-electron chi connectivity index (χ1n) is 11.5. The topological polar surface area (TPSA) is 99.3 Å². The molecule has 33 heavy (non-hydrogen) atoms. The van der Waals surface area contributed by atoms with Crippen LogP contribution in [-0.2, 0) is 23.9 Å². The second-order valence-corrected chi connectivity index (χ2v) is 9.79. The van der Waals surface area contributed by atoms with E-state index in [0.29, 0.717) is 25.0 Å². The minimum absolute atomic E-state index is 0.0517. The van der Waals surface area contributed by atoms with E-state index in [1.54, 1.807) is 6.92 Å². The summed E-state index contributed by atoms with van der Waals surface area (Å²) in [6.07, 6.45) is 1.20. The Bertz CT molecular complexity index is 741. The van der Waals surface area contributed by atoms with Gasteiger partial charge in [0.05, 0.1) is 13.2 Å². The molecule has 3 amide bonds. The van der Waals surface area contributed by atoms with Gasteiger partial charge in [0.1, 0.15) is 18.1 Å². The maximum Gasteiger partial charge on any atom is 0.328 e. The molecular weight excluding hydrogens is 424 g/mol. The fraction of sp³-hybridized carbons (Fsp3) is 0.750. The van der Waals surface area contributed by atoms with Crippen LogP contribution in [0.25, 0.3) is 0 Å². The van der Waals surface area contributed by atoms with E-state index < -0.39 is 30.1 Å². The highest BCUT2D eigenvalue weighted by atomic mass is 16.5. The van der Waals surface area contributed by atoms with Crippen LogP contribution in [0.1, 0.15) is 47.5 Å². The summed E-state index contributed by atoms with van der Waals surface area (Å²) in [6, 6.07) is -2.82. The third-order valence-electron chi connectivity index (χ3n) is 6.13. The second kappa shape index (κ2) is 12.2. The molecule has 1 saturated heterocycles. The van der Waals surface area contributed by atoms with Crippen molar-refractivity contribution in [3.8, 4) is 0 Å². The monoisotopic (exact) mass is 466 g/mol. The molecule has 0 aliphatic carbocycles. The van der Waals surface area contributed by atoms with Crippen LogP contribution in [0.4, 0.5) is 0 Å². The van der Waals surface area contributed by atoms with Crippen molar-refractivity contribution in [2.24, 2.45) is 11.8 Å². The summed E-state index contributed by atoms with van der Waals surface area (Å²) in [5.41, 5.74) is 0.480. The predicted molar refractivity (Wildman–Crippen MR) is 127 cm³/mol. The highest BCUT2D eigenvalue weighted by molar-refractivity contribution is 5.96. The number of amides is 3. The Hall–Kier alpha value is -2.42. The van der Waals surface area contributed by atoms with Gasteiger partial charge in [-0.1, -0.05) is 34.3 Å². The third kappa shape index (κ3) is 6.79. The summed E-state index contributed by atoms with van der Waals surface area (Å²) >= 11 is 0. The van der Waals surface area contributed by atoms with Gasteiger partial charge in [0.25, 0.3) is 0 Å². The number of nitrogens with one attached hydrogen (secondary N) is 1. The van der Waals surface area contributed by atoms with Crippen LogP contribution in [0.3, 0.4) is 0 Å². The fourth-order valence-electron chi connectivity index (χ4n) is 4.51. The smallest absolute Gasteiger partial charge is 0.328 e. The van der Waals surface area contributed by atoms with Crippen molar-refractivity contribution in [3.63, 3.8) is 0 Å². The Morgan fingerprint density at radius 3 is 2.06 bits per heavy atom. The Labute approximate surface area is 198 Å². The van der Waals surface area contributed by atoms with E-state index in [1.165, 1.54) is 24.0 Å². The molecular formula is C24H42N4O5. The van der Waals surface area contributed by atoms with E-state index in [1.807, 2.05) is 46.7 Å². The highest BCUT2D eigenvalue weighted by Gasteiger charge is 2.42. The van der Waals surface area contributed by atoms with Crippen molar-refractivity contribution in [1.29, 1.82) is 0 Å². The van der Waals surface area contributed by atoms with Gasteiger partial charge >= 0.3 is 5.97 Å². The molecule has 0 spiro atoms. The maximum atomic E-state index is 13.5. The fourth-order valence-corrected chi connectivity index (χ4v) is 4.51. The van der Waals surface area contributed by atoms with Crippen molar-refractivity contribution >= 4 is 23.7 Å². The lowest BCUT2D eigenvalue weighted by molar-refractivity contribution is -0.154. The molecule has 0 saturated carbocycles. The molecule has 1 aliphatic heterocycles. The first-order valence-corrected chi connectivity index (χ1v) is 11.5. The quantitative estimate of drug-likeness (QED) is 0.385. The molecule has 9 nitrogen and oxygen atoms in total. The van der Waals surface area contributed by atoms with Crippen molar-refractivity contribution in [2.75, 3.05) is 34.8 Å². The van der Waals surface area contributed by atoms with Gasteiger partial charge in [-0.3, -0.25) is 19.3 Å². The van der Waals surface area contributed by atoms with E-state index in [-0.39, 0.29) is 29.6 Å². The van der Waals surface area contributed by atoms with Crippen LogP contribution in [0, 0.1) is 11.8 Å². The zero-order chi connectivity index (χ0) is 25.6. The van der Waals surface area contributed by atoms with E-state index in [2.05, 4.69) is 11.9 Å². The minimum Gasteiger partial charge on any atom is -0.467 e. The second-order valence-electron chi connectivity index (χ2n) is 9.79. The molecule has 4 atom stereocenters. The van der Waals surface area contributed by atoms with Gasteiger partial charge in [0.15, 0.2) is 0 Å². The first kappa shape index (κ1) is 28.6. The molecule has 0 aromatic carbocycles. The molecule has 0 unspecified atom stereocenters. The summed E-state index contributed by atoms with van der Waals surface area (Å²) in [5.74, 6) is -1.60. The Kier molecular flexibility index (Phi) is 10.5. The summed E-state index contributed by atoms with van der Waals surface area (Å²) in [5, 5.41) is 2.90. The Morgan fingerprint density at radius 2 is 1.64 bits per heavy atom. The summed E-state index contributed by atoms with van der Waals surface area (Å²) in [6.45, 7) is 13.6. The molecule has 0 aromatic heterocycles. The van der Waals surface area contributed by atoms with Crippen molar-refractivity contribution in [1.82, 2.24) is 20.0 Å². The van der Waals surface area contributed by atoms with Gasteiger partial charge in [-0.25, -0.2) is 4.79 Å². The van der Waals surface area contributed by atoms with E-state index in [4.69, 9.17) is 4.74 Å². The number of rotatable bonds is 10. The Balaban J connectivity index is 3.16. The SMILES string of the molecule is C=C(C)[C@@H](C(=O)N1CCC[C@H]1C(=O)OC)N(C)C(=O)[C@@H](NC(=O)[C@H](C(C)C)N(C)C)C(C)C. The largest absolute Gasteiger partial charge is 0.467 e. The average molecular weight is 467 g/mol. The number of carbonyl (C=O) groups excluding carboxylic acids is 4. The van der Waals surface area contributed by atoms with Crippen LogP contribution in [0.15, 0.2) is 12.2 Å². The van der Waals surface area contributed by atoms with Gasteiger partial charge in [0.2, 0.25) is 17.7 Å². The third-order valence-corrected chi connectivity index (χ3v) is 6.13. The number of hydrogen-bond acceptors (Lipinski definition) is 6. The molecule has 9 heteroatoms. The lowest BCUT2D eigenvalue weighted by atomic mass is 9.97. The van der Waals surface area contributed by atoms with E-state index >= 15 is 0 Å². The van der Waals surface area contributed by atoms with E-state index in [9.17, 15) is 19.2 Å². The maximum absolute atomic E-state index is 13.5. The predicted octanol–water partition coefficient (Wildman–Crippen LogP) is 1.28. The number of methoxy groups -OCH3 is 1. The number of likely N-dealkylation sites (N-methyl/N-ethyl adjacent to an activating group) is 2. The molecule has 1 N–H and O–H groups in total. The molecule has 1 fully saturated rings. The number of ether oxygens (including phenoxy) is 1. The number of carbonyl (C=O) groups is 4. The van der Waals surface area contributed by atoms with Gasteiger partial charge in [0, 0.05) is 13.6 Å². The summed E-state index contributed by atoms with van der Waals surface area (Å²) < 4.78 is 4.85. The molecule has 0 aromatic rings. The number of esters is 1. The van der Waals surface area contributed by atoms with Crippen LogP contribution < -0.4 is 5.32 Å². The molecule has 0 bridgehead atoms. The molecule has 1 heterocycles. The van der Waals surface area contributed by atoms with Gasteiger partial charge < -0.3 is 19.9 Å². The standard InChI is InChI=1S/C24H42N4O5/c1-14(2)18(25-21(29)19(15(3)4)26(7)8)22(30)27(9)20(16(5)6)23(31)28-13-11-12-17(28)24(32)33-10/h14-15,17-20H,5,11-13H2,1-4,6-10H3,(H,25,29)/t17-,18-,19-,20-/m0/s1. The van der Waals surface area contributed by atoms with Crippen LogP contribution in [0.2, 0.25) is 0 Å². The van der Waals surface area contributed by atoms with Crippen molar-refractivity contribution < 1.29 is 23.9 Å². The highest BCUT2D eigenvalue weighted by Crippen LogP contribution is 2.23. The summed E-state index contributed by atoms with van der Waals surface area (Å²) in [4.78, 5) is 56.7. The van der Waals surface area contributed by atoms with Gasteiger partial charge in [-0.05, 0) is 51.3 Å². The van der Waals surface area contributed by atoms with Gasteiger partial charge in [-0.15, -0.1) is 0 Å². The lowest BCUT2D eigenvalue weighted by Gasteiger charge is -2.36. The zero-order valence-electron chi connectivity index (χ0n) is 21.7. The Morgan fingerprint density at radius 1 is 1.06 bits per heavy atom. The van der Waals surface area contributed by atoms with Crippen LogP contribution in [-0.4, -0.2) is 97.4 Å². The number of hydrogen-bond donors (Lipinski definition) is 1. The number of likely N-dealkylation sites (tertiary alicyclic amines) is 1. The summed E-state index contributed by atoms with van der Waals surface area (Å²) in [7, 11) is 6.48. The first-order chi connectivity index (χ1) is 15.3. The molecule has 1 aliphatic rings. The van der Waals surface area contributed by atoms with Crippen LogP contribution >= 0.6 is 0 Å².